The van der Waals surface area contributed by atoms with Crippen LogP contribution in [0.2, 0.25) is 0 Å². The molecule has 3 N–H and O–H groups in total. The molecular weight excluding hydrogens is 997 g/mol. The summed E-state index contributed by atoms with van der Waals surface area (Å²) in [5.74, 6) is -3.21. The van der Waals surface area contributed by atoms with Gasteiger partial charge < -0.3 is 39.0 Å². The fourth-order valence-corrected chi connectivity index (χ4v) is 9.14. The average Bonchev–Trinajstić information content (AvgIpc) is 3.46. The van der Waals surface area contributed by atoms with E-state index in [0.29, 0.717) is 25.7 Å². The van der Waals surface area contributed by atoms with Gasteiger partial charge in [0.2, 0.25) is 0 Å². The summed E-state index contributed by atoms with van der Waals surface area (Å²) in [7, 11) is 0. The van der Waals surface area contributed by atoms with Crippen LogP contribution in [0.3, 0.4) is 0 Å². The molecule has 12 heteroatoms. The number of esters is 3. The number of allylic oxidation sites excluding steroid dienone is 14. The molecular formula is C67H112O12. The Kier molecular flexibility index (Phi) is 50.3. The molecule has 0 bridgehead atoms. The Balaban J connectivity index is 2.72. The number of carboxylic acid groups (broad SMARTS) is 1. The standard InChI is InChI=1S/C67H112O12/c1-4-7-10-13-16-19-22-25-28-30-33-35-38-41-44-47-50-53-59(68)75-56-58(77-60(69)54-51-48-45-42-39-37-34-31-29-26-23-20-17-14-11-8-5-2)57-76-67-65(63(72)62(71)64(79-67)66(73)74)78-61(70)55-52-49-46-43-40-36-32-27-24-21-18-15-12-9-6-3/h7,10,16,18-19,21,25,27-28,32-33,35,41,44,58,62-65,67,71-72H,4-6,8-9,11-15,17,20,22-24,26,29-31,34,36-40,42-43,45-57H2,1-3H3,(H,73,74)/b10-7-,19-16-,21-18-,28-25-,32-27-,35-33-,44-41-. The summed E-state index contributed by atoms with van der Waals surface area (Å²) in [4.78, 5) is 51.2. The minimum absolute atomic E-state index is 0.0373. The molecule has 0 spiro atoms. The molecule has 0 aromatic carbocycles. The van der Waals surface area contributed by atoms with Crippen LogP contribution in [0, 0.1) is 0 Å². The second kappa shape index (κ2) is 54.5. The van der Waals surface area contributed by atoms with Crippen LogP contribution in [0.15, 0.2) is 85.1 Å². The molecule has 1 rings (SSSR count). The van der Waals surface area contributed by atoms with Crippen molar-refractivity contribution in [2.75, 3.05) is 13.2 Å². The van der Waals surface area contributed by atoms with Crippen molar-refractivity contribution in [3.05, 3.63) is 85.1 Å². The lowest BCUT2D eigenvalue weighted by Gasteiger charge is -2.40. The van der Waals surface area contributed by atoms with E-state index in [1.807, 2.05) is 6.08 Å². The van der Waals surface area contributed by atoms with Crippen LogP contribution in [-0.4, -0.2) is 89.2 Å². The number of aliphatic carboxylic acids is 1. The van der Waals surface area contributed by atoms with Gasteiger partial charge in [0.25, 0.3) is 0 Å². The van der Waals surface area contributed by atoms with E-state index in [9.17, 15) is 34.5 Å². The van der Waals surface area contributed by atoms with Gasteiger partial charge in [0.05, 0.1) is 6.61 Å². The lowest BCUT2D eigenvalue weighted by Crippen LogP contribution is -2.61. The molecule has 1 aliphatic rings. The van der Waals surface area contributed by atoms with E-state index in [1.165, 1.54) is 103 Å². The van der Waals surface area contributed by atoms with Gasteiger partial charge in [0.15, 0.2) is 24.6 Å². The topological polar surface area (TPSA) is 175 Å². The van der Waals surface area contributed by atoms with Gasteiger partial charge >= 0.3 is 23.9 Å². The SMILES string of the molecule is CC/C=C\C/C=C\C/C=C\C/C=C\C/C=C\CCCC(=O)OCC(COC1OC(C(=O)O)C(O)C(O)C1OC(=O)CCCCCCC/C=C\C/C=C\CCCCC)OC(=O)CCCCCCCCCCCCCCCCCCC. The molecule has 1 fully saturated rings. The zero-order valence-corrected chi connectivity index (χ0v) is 49.8. The van der Waals surface area contributed by atoms with Gasteiger partial charge in [0, 0.05) is 19.3 Å². The van der Waals surface area contributed by atoms with Gasteiger partial charge in [-0.15, -0.1) is 0 Å². The lowest BCUT2D eigenvalue weighted by atomic mass is 9.98. The highest BCUT2D eigenvalue weighted by Gasteiger charge is 2.50. The summed E-state index contributed by atoms with van der Waals surface area (Å²) in [5.41, 5.74) is 0. The molecule has 1 saturated heterocycles. The summed E-state index contributed by atoms with van der Waals surface area (Å²) in [6.45, 7) is 5.82. The summed E-state index contributed by atoms with van der Waals surface area (Å²) >= 11 is 0. The molecule has 6 unspecified atom stereocenters. The van der Waals surface area contributed by atoms with Crippen LogP contribution in [0.4, 0.5) is 0 Å². The minimum atomic E-state index is -1.92. The number of unbranched alkanes of at least 4 members (excludes halogenated alkanes) is 25. The number of carbonyl (C=O) groups excluding carboxylic acids is 3. The molecule has 0 saturated carbocycles. The second-order valence-corrected chi connectivity index (χ2v) is 21.3. The van der Waals surface area contributed by atoms with E-state index in [0.717, 1.165) is 96.3 Å². The number of hydrogen-bond acceptors (Lipinski definition) is 11. The first-order valence-electron chi connectivity index (χ1n) is 31.6. The monoisotopic (exact) mass is 1110 g/mol. The Morgan fingerprint density at radius 1 is 0.430 bits per heavy atom. The van der Waals surface area contributed by atoms with Gasteiger partial charge in [-0.05, 0) is 89.9 Å². The molecule has 1 heterocycles. The molecule has 0 amide bonds. The predicted molar refractivity (Wildman–Crippen MR) is 321 cm³/mol. The molecule has 0 aliphatic carbocycles. The molecule has 0 aromatic heterocycles. The lowest BCUT2D eigenvalue weighted by molar-refractivity contribution is -0.301. The van der Waals surface area contributed by atoms with E-state index in [1.54, 1.807) is 0 Å². The van der Waals surface area contributed by atoms with Crippen molar-refractivity contribution in [1.29, 1.82) is 0 Å². The maximum atomic E-state index is 13.2. The Hall–Kier alpha value is -4.10. The zero-order chi connectivity index (χ0) is 57.5. The third-order valence-electron chi connectivity index (χ3n) is 14.0. The van der Waals surface area contributed by atoms with E-state index in [4.69, 9.17) is 23.7 Å². The van der Waals surface area contributed by atoms with Crippen molar-refractivity contribution < 1.29 is 58.2 Å². The molecule has 6 atom stereocenters. The van der Waals surface area contributed by atoms with Crippen molar-refractivity contribution >= 4 is 23.9 Å². The number of hydrogen-bond donors (Lipinski definition) is 3. The largest absolute Gasteiger partial charge is 0.479 e. The van der Waals surface area contributed by atoms with Crippen LogP contribution in [0.5, 0.6) is 0 Å². The van der Waals surface area contributed by atoms with Crippen molar-refractivity contribution in [2.45, 2.75) is 302 Å². The van der Waals surface area contributed by atoms with Crippen LogP contribution in [0.25, 0.3) is 0 Å². The molecule has 452 valence electrons. The smallest absolute Gasteiger partial charge is 0.335 e. The van der Waals surface area contributed by atoms with E-state index < -0.39 is 67.3 Å². The van der Waals surface area contributed by atoms with Gasteiger partial charge in [-0.25, -0.2) is 4.79 Å². The number of rotatable bonds is 53. The molecule has 79 heavy (non-hydrogen) atoms. The quantitative estimate of drug-likeness (QED) is 0.0228. The normalized spacial score (nSPS) is 18.4. The predicted octanol–water partition coefficient (Wildman–Crippen LogP) is 16.7. The Labute approximate surface area is 480 Å². The van der Waals surface area contributed by atoms with Gasteiger partial charge in [0.1, 0.15) is 18.8 Å². The molecule has 0 radical (unpaired) electrons. The highest BCUT2D eigenvalue weighted by molar-refractivity contribution is 5.74. The van der Waals surface area contributed by atoms with Gasteiger partial charge in [-0.2, -0.15) is 0 Å². The summed E-state index contributed by atoms with van der Waals surface area (Å²) < 4.78 is 28.4. The first kappa shape index (κ1) is 72.9. The Morgan fingerprint density at radius 2 is 0.810 bits per heavy atom. The maximum absolute atomic E-state index is 13.2. The number of aliphatic hydroxyl groups excluding tert-OH is 2. The third kappa shape index (κ3) is 44.3. The zero-order valence-electron chi connectivity index (χ0n) is 49.8. The van der Waals surface area contributed by atoms with Crippen molar-refractivity contribution in [2.24, 2.45) is 0 Å². The minimum Gasteiger partial charge on any atom is -0.479 e. The fraction of sp³-hybridized carbons (Fsp3) is 0.731. The van der Waals surface area contributed by atoms with E-state index in [2.05, 4.69) is 99.8 Å². The highest BCUT2D eigenvalue weighted by Crippen LogP contribution is 2.26. The first-order chi connectivity index (χ1) is 38.6. The van der Waals surface area contributed by atoms with E-state index >= 15 is 0 Å². The summed E-state index contributed by atoms with van der Waals surface area (Å²) in [6, 6.07) is 0. The average molecular weight is 1110 g/mol. The Morgan fingerprint density at radius 3 is 1.28 bits per heavy atom. The molecule has 0 aromatic rings. The number of ether oxygens (including phenoxy) is 5. The second-order valence-electron chi connectivity index (χ2n) is 21.3. The van der Waals surface area contributed by atoms with Crippen LogP contribution in [0.1, 0.15) is 265 Å². The fourth-order valence-electron chi connectivity index (χ4n) is 9.14. The van der Waals surface area contributed by atoms with Crippen molar-refractivity contribution in [3.8, 4) is 0 Å². The van der Waals surface area contributed by atoms with Gasteiger partial charge in [-0.3, -0.25) is 14.4 Å². The van der Waals surface area contributed by atoms with E-state index in [-0.39, 0.29) is 25.9 Å². The number of carbonyl (C=O) groups is 4. The summed E-state index contributed by atoms with van der Waals surface area (Å²) in [5, 5.41) is 31.5. The number of aliphatic hydroxyl groups is 2. The maximum Gasteiger partial charge on any atom is 0.335 e. The van der Waals surface area contributed by atoms with Crippen molar-refractivity contribution in [3.63, 3.8) is 0 Å². The van der Waals surface area contributed by atoms with Crippen LogP contribution >= 0.6 is 0 Å². The van der Waals surface area contributed by atoms with Gasteiger partial charge in [-0.1, -0.05) is 241 Å². The van der Waals surface area contributed by atoms with Crippen molar-refractivity contribution in [1.82, 2.24) is 0 Å². The van der Waals surface area contributed by atoms with Crippen LogP contribution in [-0.2, 0) is 42.9 Å². The summed E-state index contributed by atoms with van der Waals surface area (Å²) in [6.07, 6.45) is 58.3. The first-order valence-corrected chi connectivity index (χ1v) is 31.6. The molecule has 1 aliphatic heterocycles. The Bertz CT molecular complexity index is 1700. The highest BCUT2D eigenvalue weighted by atomic mass is 16.7. The number of carboxylic acids is 1. The molecule has 12 nitrogen and oxygen atoms in total. The van der Waals surface area contributed by atoms with Crippen LogP contribution < -0.4 is 0 Å². The third-order valence-corrected chi connectivity index (χ3v) is 14.0.